The van der Waals surface area contributed by atoms with Crippen molar-refractivity contribution in [2.45, 2.75) is 20.1 Å². The van der Waals surface area contributed by atoms with Crippen LogP contribution in [0.25, 0.3) is 10.8 Å². The van der Waals surface area contributed by atoms with Gasteiger partial charge in [0.1, 0.15) is 6.61 Å². The average molecular weight is 307 g/mol. The second-order valence-corrected chi connectivity index (χ2v) is 5.35. The van der Waals surface area contributed by atoms with Crippen LogP contribution in [0.5, 0.6) is 11.5 Å². The minimum absolute atomic E-state index is 0.490. The highest BCUT2D eigenvalue weighted by molar-refractivity contribution is 5.85. The van der Waals surface area contributed by atoms with Crippen molar-refractivity contribution in [2.24, 2.45) is 5.73 Å². The molecule has 3 rings (SSSR count). The Bertz CT molecular complexity index is 793. The zero-order valence-corrected chi connectivity index (χ0v) is 13.3. The molecule has 3 nitrogen and oxygen atoms in total. The molecule has 0 saturated carbocycles. The maximum absolute atomic E-state index is 6.02. The molecule has 3 heteroatoms. The molecule has 0 aliphatic heterocycles. The monoisotopic (exact) mass is 307 g/mol. The second-order valence-electron chi connectivity index (χ2n) is 5.35. The fourth-order valence-corrected chi connectivity index (χ4v) is 2.64. The van der Waals surface area contributed by atoms with Crippen LogP contribution in [0.1, 0.15) is 18.1 Å². The molecule has 23 heavy (non-hydrogen) atoms. The van der Waals surface area contributed by atoms with Gasteiger partial charge in [0.25, 0.3) is 0 Å². The van der Waals surface area contributed by atoms with E-state index in [1.807, 2.05) is 37.3 Å². The maximum atomic E-state index is 6.02. The number of hydrogen-bond donors (Lipinski definition) is 1. The third-order valence-corrected chi connectivity index (χ3v) is 3.81. The van der Waals surface area contributed by atoms with E-state index < -0.39 is 0 Å². The van der Waals surface area contributed by atoms with Crippen molar-refractivity contribution in [2.75, 3.05) is 6.61 Å². The van der Waals surface area contributed by atoms with E-state index in [2.05, 4.69) is 30.3 Å². The molecule has 0 radical (unpaired) electrons. The first-order valence-corrected chi connectivity index (χ1v) is 7.87. The van der Waals surface area contributed by atoms with Gasteiger partial charge >= 0.3 is 0 Å². The van der Waals surface area contributed by atoms with Gasteiger partial charge in [-0.1, -0.05) is 48.5 Å². The second kappa shape index (κ2) is 7.16. The lowest BCUT2D eigenvalue weighted by atomic mass is 10.1. The first-order valence-electron chi connectivity index (χ1n) is 7.87. The zero-order valence-electron chi connectivity index (χ0n) is 13.3. The van der Waals surface area contributed by atoms with Crippen LogP contribution < -0.4 is 15.2 Å². The highest BCUT2D eigenvalue weighted by Gasteiger charge is 2.08. The van der Waals surface area contributed by atoms with Gasteiger partial charge in [-0.25, -0.2) is 0 Å². The van der Waals surface area contributed by atoms with Crippen LogP contribution in [0.15, 0.2) is 60.7 Å². The standard InChI is InChI=1S/C20H21NO2/c1-2-22-20-12-15(13-21)10-11-19(20)23-14-17-8-5-7-16-6-3-4-9-18(16)17/h3-12H,2,13-14,21H2,1H3. The van der Waals surface area contributed by atoms with Crippen molar-refractivity contribution in [1.82, 2.24) is 0 Å². The third-order valence-electron chi connectivity index (χ3n) is 3.81. The summed E-state index contributed by atoms with van der Waals surface area (Å²) in [6.07, 6.45) is 0. The predicted octanol–water partition coefficient (Wildman–Crippen LogP) is 4.28. The summed E-state index contributed by atoms with van der Waals surface area (Å²) in [5.41, 5.74) is 7.89. The van der Waals surface area contributed by atoms with E-state index in [-0.39, 0.29) is 0 Å². The molecule has 118 valence electrons. The Morgan fingerprint density at radius 1 is 0.870 bits per heavy atom. The minimum atomic E-state index is 0.490. The molecule has 0 saturated heterocycles. The Kier molecular flexibility index (Phi) is 4.79. The van der Waals surface area contributed by atoms with Crippen LogP contribution in [0.2, 0.25) is 0 Å². The fraction of sp³-hybridized carbons (Fsp3) is 0.200. The maximum Gasteiger partial charge on any atom is 0.161 e. The molecular weight excluding hydrogens is 286 g/mol. The van der Waals surface area contributed by atoms with E-state index in [1.165, 1.54) is 10.8 Å². The highest BCUT2D eigenvalue weighted by atomic mass is 16.5. The van der Waals surface area contributed by atoms with E-state index in [9.17, 15) is 0 Å². The summed E-state index contributed by atoms with van der Waals surface area (Å²) in [7, 11) is 0. The highest BCUT2D eigenvalue weighted by Crippen LogP contribution is 2.30. The summed E-state index contributed by atoms with van der Waals surface area (Å²) in [4.78, 5) is 0. The topological polar surface area (TPSA) is 44.5 Å². The van der Waals surface area contributed by atoms with E-state index >= 15 is 0 Å². The van der Waals surface area contributed by atoms with E-state index in [1.54, 1.807) is 0 Å². The Morgan fingerprint density at radius 3 is 2.52 bits per heavy atom. The van der Waals surface area contributed by atoms with Gasteiger partial charge in [-0.15, -0.1) is 0 Å². The van der Waals surface area contributed by atoms with Crippen LogP contribution in [-0.4, -0.2) is 6.61 Å². The van der Waals surface area contributed by atoms with Crippen molar-refractivity contribution in [3.05, 3.63) is 71.8 Å². The quantitative estimate of drug-likeness (QED) is 0.739. The van der Waals surface area contributed by atoms with Crippen molar-refractivity contribution < 1.29 is 9.47 Å². The molecule has 2 N–H and O–H groups in total. The number of ether oxygens (including phenoxy) is 2. The number of nitrogens with two attached hydrogens (primary N) is 1. The van der Waals surface area contributed by atoms with E-state index in [0.717, 1.165) is 22.6 Å². The lowest BCUT2D eigenvalue weighted by Gasteiger charge is -2.14. The molecule has 0 amide bonds. The van der Waals surface area contributed by atoms with Crippen LogP contribution in [0.3, 0.4) is 0 Å². The Morgan fingerprint density at radius 2 is 1.70 bits per heavy atom. The molecule has 0 bridgehead atoms. The van der Waals surface area contributed by atoms with Crippen LogP contribution >= 0.6 is 0 Å². The third kappa shape index (κ3) is 3.46. The fourth-order valence-electron chi connectivity index (χ4n) is 2.64. The zero-order chi connectivity index (χ0) is 16.1. The summed E-state index contributed by atoms with van der Waals surface area (Å²) in [6, 6.07) is 20.4. The molecule has 3 aromatic carbocycles. The molecule has 0 aliphatic rings. The lowest BCUT2D eigenvalue weighted by Crippen LogP contribution is -2.02. The smallest absolute Gasteiger partial charge is 0.161 e. The minimum Gasteiger partial charge on any atom is -0.490 e. The van der Waals surface area contributed by atoms with Crippen molar-refractivity contribution in [3.8, 4) is 11.5 Å². The first-order chi connectivity index (χ1) is 11.3. The molecular formula is C20H21NO2. The Balaban J connectivity index is 1.85. The van der Waals surface area contributed by atoms with Crippen LogP contribution in [0.4, 0.5) is 0 Å². The Labute approximate surface area is 136 Å². The molecule has 0 aliphatic carbocycles. The number of rotatable bonds is 6. The van der Waals surface area contributed by atoms with Gasteiger partial charge in [0, 0.05) is 6.54 Å². The van der Waals surface area contributed by atoms with Gasteiger partial charge in [0.15, 0.2) is 11.5 Å². The largest absolute Gasteiger partial charge is 0.490 e. The number of hydrogen-bond acceptors (Lipinski definition) is 3. The summed E-state index contributed by atoms with van der Waals surface area (Å²) >= 11 is 0. The predicted molar refractivity (Wildman–Crippen MR) is 93.8 cm³/mol. The number of fused-ring (bicyclic) bond motifs is 1. The number of benzene rings is 3. The normalized spacial score (nSPS) is 10.7. The SMILES string of the molecule is CCOc1cc(CN)ccc1OCc1cccc2ccccc12. The van der Waals surface area contributed by atoms with Gasteiger partial charge in [-0.05, 0) is 41.0 Å². The molecule has 0 fully saturated rings. The lowest BCUT2D eigenvalue weighted by molar-refractivity contribution is 0.270. The Hall–Kier alpha value is -2.52. The van der Waals surface area contributed by atoms with Gasteiger partial charge in [0.05, 0.1) is 6.61 Å². The summed E-state index contributed by atoms with van der Waals surface area (Å²) < 4.78 is 11.7. The van der Waals surface area contributed by atoms with Crippen molar-refractivity contribution >= 4 is 10.8 Å². The van der Waals surface area contributed by atoms with Crippen LogP contribution in [0, 0.1) is 0 Å². The molecule has 0 heterocycles. The molecule has 0 atom stereocenters. The van der Waals surface area contributed by atoms with Crippen molar-refractivity contribution in [1.29, 1.82) is 0 Å². The molecule has 0 spiro atoms. The molecule has 3 aromatic rings. The van der Waals surface area contributed by atoms with Gasteiger partial charge in [-0.2, -0.15) is 0 Å². The molecule has 0 aromatic heterocycles. The van der Waals surface area contributed by atoms with Gasteiger partial charge in [0.2, 0.25) is 0 Å². The average Bonchev–Trinajstić information content (AvgIpc) is 2.61. The first kappa shape index (κ1) is 15.4. The van der Waals surface area contributed by atoms with E-state index in [4.69, 9.17) is 15.2 Å². The summed E-state index contributed by atoms with van der Waals surface area (Å²) in [5, 5.41) is 2.43. The summed E-state index contributed by atoms with van der Waals surface area (Å²) in [5.74, 6) is 1.49. The van der Waals surface area contributed by atoms with Gasteiger partial charge in [-0.3, -0.25) is 0 Å². The van der Waals surface area contributed by atoms with Gasteiger partial charge < -0.3 is 15.2 Å². The van der Waals surface area contributed by atoms with E-state index in [0.29, 0.717) is 19.8 Å². The summed E-state index contributed by atoms with van der Waals surface area (Å²) in [6.45, 7) is 3.55. The van der Waals surface area contributed by atoms with Crippen molar-refractivity contribution in [3.63, 3.8) is 0 Å². The van der Waals surface area contributed by atoms with Crippen LogP contribution in [-0.2, 0) is 13.2 Å². The molecule has 0 unspecified atom stereocenters.